The minimum absolute atomic E-state index is 0.102. The third kappa shape index (κ3) is 3.06. The van der Waals surface area contributed by atoms with E-state index < -0.39 is 4.92 Å². The zero-order valence-corrected chi connectivity index (χ0v) is 14.7. The number of pyridine rings is 1. The minimum atomic E-state index is -0.510. The topological polar surface area (TPSA) is 117 Å². The molecule has 4 aromatic rings. The number of halogens is 1. The third-order valence-corrected chi connectivity index (χ3v) is 4.40. The second kappa shape index (κ2) is 6.33. The summed E-state index contributed by atoms with van der Waals surface area (Å²) in [7, 11) is 0. The van der Waals surface area contributed by atoms with Crippen molar-refractivity contribution in [2.75, 3.05) is 0 Å². The van der Waals surface area contributed by atoms with E-state index in [4.69, 9.17) is 11.6 Å². The lowest BCUT2D eigenvalue weighted by atomic mass is 10.1. The van der Waals surface area contributed by atoms with Gasteiger partial charge in [-0.2, -0.15) is 0 Å². The van der Waals surface area contributed by atoms with Crippen molar-refractivity contribution in [2.45, 2.75) is 6.92 Å². The Kier molecular flexibility index (Phi) is 3.97. The summed E-state index contributed by atoms with van der Waals surface area (Å²) < 4.78 is 0. The molecule has 2 N–H and O–H groups in total. The highest BCUT2D eigenvalue weighted by Crippen LogP contribution is 2.38. The molecule has 2 aromatic heterocycles. The van der Waals surface area contributed by atoms with E-state index in [2.05, 4.69) is 20.2 Å². The second-order valence-corrected chi connectivity index (χ2v) is 6.40. The lowest BCUT2D eigenvalue weighted by molar-refractivity contribution is -0.384. The Balaban J connectivity index is 1.80. The molecule has 0 unspecified atom stereocenters. The summed E-state index contributed by atoms with van der Waals surface area (Å²) in [6.45, 7) is 1.91. The van der Waals surface area contributed by atoms with Crippen LogP contribution in [0.1, 0.15) is 5.56 Å². The Morgan fingerprint density at radius 3 is 2.74 bits per heavy atom. The summed E-state index contributed by atoms with van der Waals surface area (Å²) in [5.41, 5.74) is 2.17. The molecule has 0 aliphatic rings. The van der Waals surface area contributed by atoms with E-state index in [9.17, 15) is 15.2 Å². The number of rotatable bonds is 3. The van der Waals surface area contributed by atoms with E-state index in [1.54, 1.807) is 18.2 Å². The fourth-order valence-electron chi connectivity index (χ4n) is 2.87. The number of fused-ring (bicyclic) bond motifs is 2. The van der Waals surface area contributed by atoms with Gasteiger partial charge in [0.25, 0.3) is 5.69 Å². The average molecular weight is 382 g/mol. The number of hydrogen-bond donors (Lipinski definition) is 2. The van der Waals surface area contributed by atoms with E-state index >= 15 is 0 Å². The average Bonchev–Trinajstić information content (AvgIpc) is 2.95. The summed E-state index contributed by atoms with van der Waals surface area (Å²) in [5.74, 6) is 0.125. The highest BCUT2D eigenvalue weighted by molar-refractivity contribution is 6.31. The van der Waals surface area contributed by atoms with Gasteiger partial charge in [-0.1, -0.05) is 11.6 Å². The number of aromatic hydroxyl groups is 1. The quantitative estimate of drug-likeness (QED) is 0.268. The van der Waals surface area contributed by atoms with Crippen LogP contribution in [0.25, 0.3) is 21.8 Å². The standard InChI is InChI=1S/C18H12ClN5O3/c1-9-6-16(20-14-4-2-10(19)7-12(9)14)22-23-17-13-8-11(24(26)27)3-5-15(13)21-18(17)25/h2-8,21,25H,1H3. The minimum Gasteiger partial charge on any atom is -0.493 e. The fourth-order valence-corrected chi connectivity index (χ4v) is 3.04. The number of aromatic amines is 1. The zero-order chi connectivity index (χ0) is 19.1. The Morgan fingerprint density at radius 1 is 1.15 bits per heavy atom. The monoisotopic (exact) mass is 381 g/mol. The largest absolute Gasteiger partial charge is 0.493 e. The van der Waals surface area contributed by atoms with Gasteiger partial charge in [0.15, 0.2) is 11.5 Å². The first kappa shape index (κ1) is 16.9. The van der Waals surface area contributed by atoms with Gasteiger partial charge in [-0.05, 0) is 42.8 Å². The fraction of sp³-hybridized carbons (Fsp3) is 0.0556. The number of benzene rings is 2. The van der Waals surface area contributed by atoms with Crippen molar-refractivity contribution in [3.05, 3.63) is 63.2 Å². The van der Waals surface area contributed by atoms with Crippen molar-refractivity contribution in [1.82, 2.24) is 9.97 Å². The molecule has 2 heterocycles. The van der Waals surface area contributed by atoms with Gasteiger partial charge in [0.1, 0.15) is 0 Å². The van der Waals surface area contributed by atoms with Crippen molar-refractivity contribution < 1.29 is 10.0 Å². The van der Waals surface area contributed by atoms with Gasteiger partial charge in [0.2, 0.25) is 5.88 Å². The molecular formula is C18H12ClN5O3. The number of hydrogen-bond acceptors (Lipinski definition) is 6. The van der Waals surface area contributed by atoms with Gasteiger partial charge in [-0.3, -0.25) is 10.1 Å². The first-order valence-corrected chi connectivity index (χ1v) is 8.28. The van der Waals surface area contributed by atoms with Gasteiger partial charge in [0, 0.05) is 27.9 Å². The summed E-state index contributed by atoms with van der Waals surface area (Å²) in [6, 6.07) is 11.3. The Labute approximate surface area is 157 Å². The van der Waals surface area contributed by atoms with Crippen LogP contribution < -0.4 is 0 Å². The maximum absolute atomic E-state index is 11.0. The molecule has 0 aliphatic heterocycles. The predicted molar refractivity (Wildman–Crippen MR) is 102 cm³/mol. The van der Waals surface area contributed by atoms with Crippen LogP contribution in [-0.2, 0) is 0 Å². The molecular weight excluding hydrogens is 370 g/mol. The van der Waals surface area contributed by atoms with E-state index in [1.807, 2.05) is 13.0 Å². The predicted octanol–water partition coefficient (Wildman–Crippen LogP) is 5.71. The van der Waals surface area contributed by atoms with Gasteiger partial charge < -0.3 is 10.1 Å². The smallest absolute Gasteiger partial charge is 0.270 e. The highest BCUT2D eigenvalue weighted by Gasteiger charge is 2.15. The number of nitrogens with one attached hydrogen (secondary N) is 1. The first-order valence-electron chi connectivity index (χ1n) is 7.90. The van der Waals surface area contributed by atoms with Crippen LogP contribution in [0.15, 0.2) is 52.7 Å². The second-order valence-electron chi connectivity index (χ2n) is 5.97. The normalized spacial score (nSPS) is 11.6. The summed E-state index contributed by atoms with van der Waals surface area (Å²) >= 11 is 6.02. The highest BCUT2D eigenvalue weighted by atomic mass is 35.5. The van der Waals surface area contributed by atoms with Gasteiger partial charge in [0.05, 0.1) is 16.0 Å². The molecule has 0 radical (unpaired) electrons. The van der Waals surface area contributed by atoms with Crippen LogP contribution >= 0.6 is 11.6 Å². The Hall–Kier alpha value is -3.52. The molecule has 0 saturated heterocycles. The van der Waals surface area contributed by atoms with Crippen molar-refractivity contribution in [1.29, 1.82) is 0 Å². The van der Waals surface area contributed by atoms with Crippen LogP contribution in [0.3, 0.4) is 0 Å². The van der Waals surface area contributed by atoms with Crippen molar-refractivity contribution in [2.24, 2.45) is 10.2 Å². The lowest BCUT2D eigenvalue weighted by Crippen LogP contribution is -1.86. The van der Waals surface area contributed by atoms with Crippen molar-refractivity contribution in [3.8, 4) is 5.88 Å². The number of aromatic nitrogens is 2. The molecule has 4 rings (SSSR count). The summed E-state index contributed by atoms with van der Waals surface area (Å²) in [4.78, 5) is 17.6. The number of aryl methyl sites for hydroxylation is 1. The molecule has 9 heteroatoms. The number of non-ortho nitro benzene ring substituents is 1. The number of nitro groups is 1. The van der Waals surface area contributed by atoms with Gasteiger partial charge >= 0.3 is 0 Å². The first-order chi connectivity index (χ1) is 12.9. The van der Waals surface area contributed by atoms with Gasteiger partial charge in [-0.25, -0.2) is 4.98 Å². The summed E-state index contributed by atoms with van der Waals surface area (Å²) in [5, 5.41) is 31.2. The molecule has 0 atom stereocenters. The van der Waals surface area contributed by atoms with E-state index in [1.165, 1.54) is 18.2 Å². The molecule has 0 aliphatic carbocycles. The SMILES string of the molecule is Cc1cc(N=Nc2c(O)[nH]c3ccc([N+](=O)[O-])cc23)nc2ccc(Cl)cc12. The molecule has 0 amide bonds. The zero-order valence-electron chi connectivity index (χ0n) is 14.0. The molecule has 0 spiro atoms. The van der Waals surface area contributed by atoms with Crippen LogP contribution in [-0.4, -0.2) is 20.0 Å². The van der Waals surface area contributed by atoms with Crippen LogP contribution in [0.4, 0.5) is 17.2 Å². The maximum Gasteiger partial charge on any atom is 0.270 e. The number of azo groups is 1. The molecule has 27 heavy (non-hydrogen) atoms. The van der Waals surface area contributed by atoms with Crippen molar-refractivity contribution >= 4 is 50.6 Å². The third-order valence-electron chi connectivity index (χ3n) is 4.16. The molecule has 0 bridgehead atoms. The Bertz CT molecular complexity index is 1250. The number of nitro benzene ring substituents is 1. The van der Waals surface area contributed by atoms with E-state index in [-0.39, 0.29) is 17.3 Å². The number of H-pyrrole nitrogens is 1. The number of nitrogens with zero attached hydrogens (tertiary/aromatic N) is 4. The van der Waals surface area contributed by atoms with Crippen LogP contribution in [0.2, 0.25) is 5.02 Å². The molecule has 8 nitrogen and oxygen atoms in total. The van der Waals surface area contributed by atoms with Crippen LogP contribution in [0, 0.1) is 17.0 Å². The van der Waals surface area contributed by atoms with Crippen molar-refractivity contribution in [3.63, 3.8) is 0 Å². The van der Waals surface area contributed by atoms with E-state index in [0.29, 0.717) is 27.3 Å². The molecule has 0 fully saturated rings. The lowest BCUT2D eigenvalue weighted by Gasteiger charge is -2.03. The van der Waals surface area contributed by atoms with Crippen LogP contribution in [0.5, 0.6) is 5.88 Å². The molecule has 2 aromatic carbocycles. The Morgan fingerprint density at radius 2 is 1.96 bits per heavy atom. The molecule has 134 valence electrons. The maximum atomic E-state index is 11.0. The van der Waals surface area contributed by atoms with E-state index in [0.717, 1.165) is 10.9 Å². The molecule has 0 saturated carbocycles. The summed E-state index contributed by atoms with van der Waals surface area (Å²) in [6.07, 6.45) is 0. The van der Waals surface area contributed by atoms with Gasteiger partial charge in [-0.15, -0.1) is 10.2 Å².